The summed E-state index contributed by atoms with van der Waals surface area (Å²) in [5.74, 6) is 1.20. The van der Waals surface area contributed by atoms with Crippen LogP contribution in [0.25, 0.3) is 11.5 Å². The highest BCUT2D eigenvalue weighted by Gasteiger charge is 2.26. The number of aromatic nitrogens is 2. The molecule has 146 valence electrons. The first kappa shape index (κ1) is 18.6. The van der Waals surface area contributed by atoms with Crippen molar-refractivity contribution in [2.24, 2.45) is 0 Å². The molecule has 2 aromatic heterocycles. The topological polar surface area (TPSA) is 51.4 Å². The maximum absolute atomic E-state index is 14.3. The zero-order valence-corrected chi connectivity index (χ0v) is 16.2. The number of methoxy groups -OCH3 is 1. The molecule has 28 heavy (non-hydrogen) atoms. The van der Waals surface area contributed by atoms with E-state index in [0.717, 1.165) is 25.1 Å². The van der Waals surface area contributed by atoms with E-state index in [1.807, 2.05) is 19.2 Å². The monoisotopic (exact) mass is 381 g/mol. The third-order valence-electron chi connectivity index (χ3n) is 5.33. The van der Waals surface area contributed by atoms with Crippen molar-refractivity contribution >= 4 is 0 Å². The fourth-order valence-corrected chi connectivity index (χ4v) is 3.81. The Bertz CT molecular complexity index is 942. The van der Waals surface area contributed by atoms with Crippen molar-refractivity contribution in [2.45, 2.75) is 38.8 Å². The molecule has 0 N–H and O–H groups in total. The summed E-state index contributed by atoms with van der Waals surface area (Å²) in [5, 5.41) is 0. The Morgan fingerprint density at radius 1 is 1.29 bits per heavy atom. The highest BCUT2D eigenvalue weighted by atomic mass is 19.1. The summed E-state index contributed by atoms with van der Waals surface area (Å²) in [7, 11) is 1.55. The summed E-state index contributed by atoms with van der Waals surface area (Å²) in [6.07, 6.45) is 7.20. The molecule has 4 rings (SSSR count). The van der Waals surface area contributed by atoms with Gasteiger partial charge in [-0.25, -0.2) is 9.37 Å². The number of benzene rings is 1. The molecule has 0 bridgehead atoms. The molecule has 5 nitrogen and oxygen atoms in total. The van der Waals surface area contributed by atoms with E-state index in [-0.39, 0.29) is 5.82 Å². The summed E-state index contributed by atoms with van der Waals surface area (Å²) in [6.45, 7) is 3.54. The number of rotatable bonds is 5. The van der Waals surface area contributed by atoms with Gasteiger partial charge in [0, 0.05) is 25.0 Å². The van der Waals surface area contributed by atoms with Crippen LogP contribution in [-0.2, 0) is 6.54 Å². The molecular formula is C22H24FN3O2. The lowest BCUT2D eigenvalue weighted by Gasteiger charge is -2.35. The van der Waals surface area contributed by atoms with E-state index in [2.05, 4.69) is 20.9 Å². The SMILES string of the molecule is COc1ccc(F)c(-c2nc(CN3CCCC[C@H]3c3cccnc3)c(C)o2)c1. The number of hydrogen-bond acceptors (Lipinski definition) is 5. The maximum Gasteiger partial charge on any atom is 0.229 e. The molecule has 1 fully saturated rings. The number of likely N-dealkylation sites (tertiary alicyclic amines) is 1. The molecule has 1 aliphatic heterocycles. The lowest BCUT2D eigenvalue weighted by molar-refractivity contribution is 0.138. The van der Waals surface area contributed by atoms with Crippen LogP contribution in [0.1, 0.15) is 42.3 Å². The highest BCUT2D eigenvalue weighted by molar-refractivity contribution is 5.57. The normalized spacial score (nSPS) is 17.6. The highest BCUT2D eigenvalue weighted by Crippen LogP contribution is 2.33. The van der Waals surface area contributed by atoms with Crippen LogP contribution < -0.4 is 4.74 Å². The van der Waals surface area contributed by atoms with Gasteiger partial charge in [-0.2, -0.15) is 0 Å². The molecule has 0 spiro atoms. The van der Waals surface area contributed by atoms with Crippen LogP contribution in [0.15, 0.2) is 47.1 Å². The average Bonchev–Trinajstić information content (AvgIpc) is 3.09. The Kier molecular flexibility index (Phi) is 5.39. The van der Waals surface area contributed by atoms with E-state index in [9.17, 15) is 4.39 Å². The molecular weight excluding hydrogens is 357 g/mol. The molecule has 3 heterocycles. The number of pyridine rings is 1. The molecule has 0 radical (unpaired) electrons. The largest absolute Gasteiger partial charge is 0.497 e. The minimum atomic E-state index is -0.375. The number of halogens is 1. The lowest BCUT2D eigenvalue weighted by atomic mass is 9.96. The maximum atomic E-state index is 14.3. The number of oxazole rings is 1. The standard InChI is InChI=1S/C22H24FN3O2/c1-15-20(25-22(28-15)18-12-17(27-2)8-9-19(18)23)14-26-11-4-3-7-21(26)16-6-5-10-24-13-16/h5-6,8-10,12-13,21H,3-4,7,11,14H2,1-2H3/t21-/m0/s1. The van der Waals surface area contributed by atoms with E-state index in [0.29, 0.717) is 35.6 Å². The van der Waals surface area contributed by atoms with Gasteiger partial charge in [-0.05, 0) is 56.1 Å². The van der Waals surface area contributed by atoms with Crippen molar-refractivity contribution in [1.82, 2.24) is 14.9 Å². The fraction of sp³-hybridized carbons (Fsp3) is 0.364. The molecule has 0 amide bonds. The third kappa shape index (κ3) is 3.78. The van der Waals surface area contributed by atoms with Gasteiger partial charge in [0.1, 0.15) is 17.3 Å². The van der Waals surface area contributed by atoms with Crippen LogP contribution >= 0.6 is 0 Å². The second kappa shape index (κ2) is 8.10. The first-order valence-corrected chi connectivity index (χ1v) is 9.60. The van der Waals surface area contributed by atoms with Gasteiger partial charge >= 0.3 is 0 Å². The zero-order valence-electron chi connectivity index (χ0n) is 16.2. The molecule has 3 aromatic rings. The predicted molar refractivity (Wildman–Crippen MR) is 104 cm³/mol. The van der Waals surface area contributed by atoms with Crippen molar-refractivity contribution in [2.75, 3.05) is 13.7 Å². The molecule has 6 heteroatoms. The molecule has 1 saturated heterocycles. The number of hydrogen-bond donors (Lipinski definition) is 0. The Balaban J connectivity index is 1.60. The van der Waals surface area contributed by atoms with Crippen molar-refractivity contribution in [1.29, 1.82) is 0 Å². The minimum absolute atomic E-state index is 0.291. The lowest BCUT2D eigenvalue weighted by Crippen LogP contribution is -2.33. The number of nitrogens with zero attached hydrogens (tertiary/aromatic N) is 3. The van der Waals surface area contributed by atoms with Crippen LogP contribution in [0.2, 0.25) is 0 Å². The summed E-state index contributed by atoms with van der Waals surface area (Å²) < 4.78 is 25.3. The van der Waals surface area contributed by atoms with Gasteiger partial charge in [0.2, 0.25) is 5.89 Å². The first-order valence-electron chi connectivity index (χ1n) is 9.60. The van der Waals surface area contributed by atoms with Gasteiger partial charge in [-0.15, -0.1) is 0 Å². The van der Waals surface area contributed by atoms with Gasteiger partial charge in [-0.1, -0.05) is 12.5 Å². The molecule has 0 aliphatic carbocycles. The van der Waals surface area contributed by atoms with Crippen LogP contribution in [0.5, 0.6) is 5.75 Å². The van der Waals surface area contributed by atoms with Crippen molar-refractivity contribution in [3.63, 3.8) is 0 Å². The van der Waals surface area contributed by atoms with E-state index >= 15 is 0 Å². The summed E-state index contributed by atoms with van der Waals surface area (Å²) in [6, 6.07) is 8.99. The quantitative estimate of drug-likeness (QED) is 0.628. The van der Waals surface area contributed by atoms with E-state index < -0.39 is 0 Å². The van der Waals surface area contributed by atoms with Gasteiger partial charge in [-0.3, -0.25) is 9.88 Å². The van der Waals surface area contributed by atoms with Crippen LogP contribution in [0, 0.1) is 12.7 Å². The Morgan fingerprint density at radius 3 is 2.96 bits per heavy atom. The van der Waals surface area contributed by atoms with Crippen LogP contribution in [-0.4, -0.2) is 28.5 Å². The summed E-state index contributed by atoms with van der Waals surface area (Å²) >= 11 is 0. The molecule has 1 aromatic carbocycles. The summed E-state index contributed by atoms with van der Waals surface area (Å²) in [4.78, 5) is 11.3. The first-order chi connectivity index (χ1) is 13.7. The Morgan fingerprint density at radius 2 is 2.18 bits per heavy atom. The second-order valence-electron chi connectivity index (χ2n) is 7.14. The molecule has 0 unspecified atom stereocenters. The van der Waals surface area contributed by atoms with Gasteiger partial charge in [0.15, 0.2) is 0 Å². The van der Waals surface area contributed by atoms with E-state index in [4.69, 9.17) is 9.15 Å². The fourth-order valence-electron chi connectivity index (χ4n) is 3.81. The third-order valence-corrected chi connectivity index (χ3v) is 5.33. The van der Waals surface area contributed by atoms with Gasteiger partial charge < -0.3 is 9.15 Å². The second-order valence-corrected chi connectivity index (χ2v) is 7.14. The van der Waals surface area contributed by atoms with Gasteiger partial charge in [0.25, 0.3) is 0 Å². The average molecular weight is 381 g/mol. The molecule has 1 atom stereocenters. The predicted octanol–water partition coefficient (Wildman–Crippen LogP) is 4.92. The van der Waals surface area contributed by atoms with Crippen LogP contribution in [0.3, 0.4) is 0 Å². The zero-order chi connectivity index (χ0) is 19.5. The van der Waals surface area contributed by atoms with Crippen LogP contribution in [0.4, 0.5) is 4.39 Å². The molecule has 1 aliphatic rings. The Labute approximate surface area is 164 Å². The minimum Gasteiger partial charge on any atom is -0.497 e. The number of ether oxygens (including phenoxy) is 1. The number of aryl methyl sites for hydroxylation is 1. The number of piperidine rings is 1. The summed E-state index contributed by atoms with van der Waals surface area (Å²) in [5.41, 5.74) is 2.38. The van der Waals surface area contributed by atoms with Gasteiger partial charge in [0.05, 0.1) is 18.4 Å². The van der Waals surface area contributed by atoms with Crippen molar-refractivity contribution in [3.05, 3.63) is 65.6 Å². The smallest absolute Gasteiger partial charge is 0.229 e. The van der Waals surface area contributed by atoms with Crippen molar-refractivity contribution in [3.8, 4) is 17.2 Å². The van der Waals surface area contributed by atoms with Crippen molar-refractivity contribution < 1.29 is 13.5 Å². The Hall–Kier alpha value is -2.73. The molecule has 0 saturated carbocycles. The van der Waals surface area contributed by atoms with E-state index in [1.165, 1.54) is 18.1 Å². The van der Waals surface area contributed by atoms with E-state index in [1.54, 1.807) is 25.4 Å².